The van der Waals surface area contributed by atoms with Crippen LogP contribution in [0.2, 0.25) is 0 Å². The highest BCUT2D eigenvalue weighted by Gasteiger charge is 2.34. The summed E-state index contributed by atoms with van der Waals surface area (Å²) >= 11 is 0. The lowest BCUT2D eigenvalue weighted by Crippen LogP contribution is -2.41. The van der Waals surface area contributed by atoms with Gasteiger partial charge < -0.3 is 5.32 Å². The zero-order chi connectivity index (χ0) is 10.9. The zero-order valence-electron chi connectivity index (χ0n) is 9.39. The van der Waals surface area contributed by atoms with E-state index in [2.05, 4.69) is 19.2 Å². The van der Waals surface area contributed by atoms with E-state index in [0.29, 0.717) is 6.04 Å². The fourth-order valence-corrected chi connectivity index (χ4v) is 2.47. The molecule has 1 atom stereocenters. The molecule has 1 aliphatic rings. The predicted octanol–water partition coefficient (Wildman–Crippen LogP) is 2.86. The van der Waals surface area contributed by atoms with Crippen molar-refractivity contribution in [3.8, 4) is 0 Å². The second-order valence-electron chi connectivity index (χ2n) is 4.85. The van der Waals surface area contributed by atoms with Crippen LogP contribution in [0.15, 0.2) is 24.3 Å². The fourth-order valence-electron chi connectivity index (χ4n) is 2.47. The molecule has 1 nitrogen and oxygen atoms in total. The van der Waals surface area contributed by atoms with Gasteiger partial charge in [0.2, 0.25) is 0 Å². The Labute approximate surface area is 90.7 Å². The number of rotatable bonds is 2. The molecule has 1 heterocycles. The van der Waals surface area contributed by atoms with Gasteiger partial charge in [0.25, 0.3) is 0 Å². The normalized spacial score (nSPS) is 21.9. The van der Waals surface area contributed by atoms with E-state index in [1.54, 1.807) is 12.1 Å². The second-order valence-corrected chi connectivity index (χ2v) is 4.85. The van der Waals surface area contributed by atoms with Crippen molar-refractivity contribution in [2.75, 3.05) is 6.54 Å². The van der Waals surface area contributed by atoms with Gasteiger partial charge in [0.05, 0.1) is 0 Å². The van der Waals surface area contributed by atoms with Gasteiger partial charge in [0.15, 0.2) is 0 Å². The van der Waals surface area contributed by atoms with Crippen molar-refractivity contribution in [2.45, 2.75) is 38.1 Å². The highest BCUT2D eigenvalue weighted by atomic mass is 19.1. The Balaban J connectivity index is 2.31. The molecule has 0 aliphatic carbocycles. The van der Waals surface area contributed by atoms with Crippen LogP contribution in [0, 0.1) is 5.82 Å². The summed E-state index contributed by atoms with van der Waals surface area (Å²) in [7, 11) is 0. The van der Waals surface area contributed by atoms with Gasteiger partial charge in [-0.15, -0.1) is 0 Å². The maximum absolute atomic E-state index is 13.7. The lowest BCUT2D eigenvalue weighted by atomic mass is 9.77. The van der Waals surface area contributed by atoms with Gasteiger partial charge >= 0.3 is 0 Å². The first-order valence-corrected chi connectivity index (χ1v) is 5.61. The van der Waals surface area contributed by atoms with Gasteiger partial charge in [0.1, 0.15) is 5.82 Å². The Kier molecular flexibility index (Phi) is 2.79. The molecule has 2 rings (SSSR count). The van der Waals surface area contributed by atoms with E-state index in [9.17, 15) is 4.39 Å². The van der Waals surface area contributed by atoms with Crippen LogP contribution < -0.4 is 5.32 Å². The van der Waals surface area contributed by atoms with Crippen molar-refractivity contribution < 1.29 is 4.39 Å². The third-order valence-electron chi connectivity index (χ3n) is 3.50. The van der Waals surface area contributed by atoms with Crippen molar-refractivity contribution in [3.05, 3.63) is 35.6 Å². The molecule has 1 N–H and O–H groups in total. The van der Waals surface area contributed by atoms with E-state index < -0.39 is 0 Å². The fraction of sp³-hybridized carbons (Fsp3) is 0.538. The molecule has 0 radical (unpaired) electrons. The molecule has 2 heteroatoms. The molecule has 1 fully saturated rings. The van der Waals surface area contributed by atoms with Crippen molar-refractivity contribution in [3.63, 3.8) is 0 Å². The second kappa shape index (κ2) is 3.93. The van der Waals surface area contributed by atoms with E-state index in [-0.39, 0.29) is 11.2 Å². The summed E-state index contributed by atoms with van der Waals surface area (Å²) in [6, 6.07) is 7.50. The standard InChI is InChI=1S/C13H18FN/c1-13(2,12-8-5-9-15-12)10-6-3-4-7-11(10)14/h3-4,6-7,12,15H,5,8-9H2,1-2H3. The number of hydrogen-bond acceptors (Lipinski definition) is 1. The summed E-state index contributed by atoms with van der Waals surface area (Å²) in [6.45, 7) is 5.30. The lowest BCUT2D eigenvalue weighted by molar-refractivity contribution is 0.363. The molecule has 1 unspecified atom stereocenters. The van der Waals surface area contributed by atoms with Crippen LogP contribution in [0.25, 0.3) is 0 Å². The first-order valence-electron chi connectivity index (χ1n) is 5.61. The molecule has 15 heavy (non-hydrogen) atoms. The van der Waals surface area contributed by atoms with Crippen LogP contribution in [-0.4, -0.2) is 12.6 Å². The van der Waals surface area contributed by atoms with E-state index in [1.165, 1.54) is 6.42 Å². The summed E-state index contributed by atoms with van der Waals surface area (Å²) in [5, 5.41) is 3.46. The summed E-state index contributed by atoms with van der Waals surface area (Å²) in [5.74, 6) is -0.0869. The minimum atomic E-state index is -0.123. The summed E-state index contributed by atoms with van der Waals surface area (Å²) in [4.78, 5) is 0. The van der Waals surface area contributed by atoms with Gasteiger partial charge in [-0.05, 0) is 31.0 Å². The molecular formula is C13H18FN. The van der Waals surface area contributed by atoms with Crippen LogP contribution in [0.3, 0.4) is 0 Å². The largest absolute Gasteiger partial charge is 0.313 e. The molecule has 1 saturated heterocycles. The molecule has 0 aromatic heterocycles. The summed E-state index contributed by atoms with van der Waals surface area (Å²) in [5.41, 5.74) is 0.700. The third kappa shape index (κ3) is 1.91. The van der Waals surface area contributed by atoms with Crippen LogP contribution in [0.5, 0.6) is 0 Å². The van der Waals surface area contributed by atoms with E-state index in [4.69, 9.17) is 0 Å². The maximum atomic E-state index is 13.7. The Morgan fingerprint density at radius 2 is 2.07 bits per heavy atom. The molecule has 0 saturated carbocycles. The van der Waals surface area contributed by atoms with Gasteiger partial charge in [-0.25, -0.2) is 4.39 Å². The lowest BCUT2D eigenvalue weighted by Gasteiger charge is -2.32. The first-order chi connectivity index (χ1) is 7.12. The zero-order valence-corrected chi connectivity index (χ0v) is 9.39. The van der Waals surface area contributed by atoms with Crippen molar-refractivity contribution in [2.24, 2.45) is 0 Å². The molecule has 0 bridgehead atoms. The molecule has 1 aromatic carbocycles. The maximum Gasteiger partial charge on any atom is 0.126 e. The van der Waals surface area contributed by atoms with Gasteiger partial charge in [0, 0.05) is 11.5 Å². The molecule has 0 spiro atoms. The van der Waals surface area contributed by atoms with Crippen molar-refractivity contribution in [1.82, 2.24) is 5.32 Å². The Bertz CT molecular complexity index is 340. The number of benzene rings is 1. The number of hydrogen-bond donors (Lipinski definition) is 1. The highest BCUT2D eigenvalue weighted by molar-refractivity contribution is 5.28. The predicted molar refractivity (Wildman–Crippen MR) is 60.5 cm³/mol. The monoisotopic (exact) mass is 207 g/mol. The smallest absolute Gasteiger partial charge is 0.126 e. The van der Waals surface area contributed by atoms with Crippen molar-refractivity contribution >= 4 is 0 Å². The highest BCUT2D eigenvalue weighted by Crippen LogP contribution is 2.32. The topological polar surface area (TPSA) is 12.0 Å². The van der Waals surface area contributed by atoms with E-state index in [0.717, 1.165) is 18.5 Å². The Morgan fingerprint density at radius 3 is 2.67 bits per heavy atom. The molecule has 1 aliphatic heterocycles. The molecule has 82 valence electrons. The quantitative estimate of drug-likeness (QED) is 0.786. The number of halogens is 1. The minimum Gasteiger partial charge on any atom is -0.313 e. The van der Waals surface area contributed by atoms with E-state index >= 15 is 0 Å². The average Bonchev–Trinajstić information content (AvgIpc) is 2.71. The van der Waals surface area contributed by atoms with Crippen LogP contribution in [-0.2, 0) is 5.41 Å². The van der Waals surface area contributed by atoms with Gasteiger partial charge in [-0.1, -0.05) is 32.0 Å². The van der Waals surface area contributed by atoms with Gasteiger partial charge in [-0.2, -0.15) is 0 Å². The SMILES string of the molecule is CC(C)(c1ccccc1F)C1CCCN1. The average molecular weight is 207 g/mol. The molecular weight excluding hydrogens is 189 g/mol. The Morgan fingerprint density at radius 1 is 1.33 bits per heavy atom. The molecule has 0 amide bonds. The van der Waals surface area contributed by atoms with Crippen LogP contribution >= 0.6 is 0 Å². The molecule has 1 aromatic rings. The third-order valence-corrected chi connectivity index (χ3v) is 3.50. The summed E-state index contributed by atoms with van der Waals surface area (Å²) in [6.07, 6.45) is 2.34. The summed E-state index contributed by atoms with van der Waals surface area (Å²) < 4.78 is 13.7. The van der Waals surface area contributed by atoms with Gasteiger partial charge in [-0.3, -0.25) is 0 Å². The van der Waals surface area contributed by atoms with E-state index in [1.807, 2.05) is 12.1 Å². The Hall–Kier alpha value is -0.890. The van der Waals surface area contributed by atoms with Crippen molar-refractivity contribution in [1.29, 1.82) is 0 Å². The number of nitrogens with one attached hydrogen (secondary N) is 1. The van der Waals surface area contributed by atoms with Crippen LogP contribution in [0.4, 0.5) is 4.39 Å². The minimum absolute atomic E-state index is 0.0869. The first kappa shape index (κ1) is 10.6. The van der Waals surface area contributed by atoms with Crippen LogP contribution in [0.1, 0.15) is 32.3 Å².